The van der Waals surface area contributed by atoms with E-state index in [2.05, 4.69) is 0 Å². The van der Waals surface area contributed by atoms with E-state index in [4.69, 9.17) is 14.8 Å². The fraction of sp³-hybridized carbons (Fsp3) is 1.00. The summed E-state index contributed by atoms with van der Waals surface area (Å²) < 4.78 is 24.9. The van der Waals surface area contributed by atoms with Crippen molar-refractivity contribution in [2.45, 2.75) is 46.2 Å². The number of halogens is 1. The summed E-state index contributed by atoms with van der Waals surface area (Å²) in [6.07, 6.45) is 0.762. The zero-order valence-corrected chi connectivity index (χ0v) is 11.5. The number of hydrogen-bond acceptors (Lipinski definition) is 4. The Labute approximate surface area is 99.2 Å². The Bertz CT molecular complexity index is 165. The second-order valence-electron chi connectivity index (χ2n) is 4.02. The van der Waals surface area contributed by atoms with Gasteiger partial charge in [0.1, 0.15) is 0 Å². The van der Waals surface area contributed by atoms with Crippen LogP contribution in [0, 0.1) is 0 Å². The van der Waals surface area contributed by atoms with Crippen LogP contribution in [0.15, 0.2) is 0 Å². The van der Waals surface area contributed by atoms with Gasteiger partial charge in [-0.1, -0.05) is 0 Å². The minimum atomic E-state index is -1.31. The molecule has 0 saturated carbocycles. The molecule has 0 aromatic rings. The van der Waals surface area contributed by atoms with Crippen LogP contribution in [0.5, 0.6) is 0 Å². The summed E-state index contributed by atoms with van der Waals surface area (Å²) >= 11 is 0. The largest absolute Gasteiger partial charge is 0.330 e. The van der Waals surface area contributed by atoms with Crippen molar-refractivity contribution in [2.75, 3.05) is 20.0 Å². The highest BCUT2D eigenvalue weighted by atomic mass is 31.2. The second kappa shape index (κ2) is 9.25. The predicted molar refractivity (Wildman–Crippen MR) is 65.7 cm³/mol. The molecule has 0 fully saturated rings. The van der Waals surface area contributed by atoms with Crippen LogP contribution in [-0.2, 0) is 9.05 Å². The molecule has 1 atom stereocenters. The molecule has 98 valence electrons. The van der Waals surface area contributed by atoms with Crippen LogP contribution in [0.1, 0.15) is 34.1 Å². The molecule has 0 bridgehead atoms. The van der Waals surface area contributed by atoms with Crippen LogP contribution in [0.4, 0.5) is 4.39 Å². The standard InChI is InChI=1S/C10H24FN2O2P/c1-9(2)13(10(3)4)16(15-8-11)14-7-5-6-12/h9-10H,5-8,12H2,1-4H3. The second-order valence-corrected chi connectivity index (χ2v) is 5.47. The van der Waals surface area contributed by atoms with Gasteiger partial charge in [-0.25, -0.2) is 9.06 Å². The zero-order chi connectivity index (χ0) is 12.6. The summed E-state index contributed by atoms with van der Waals surface area (Å²) in [5, 5.41) is 0. The first-order valence-electron chi connectivity index (χ1n) is 5.64. The van der Waals surface area contributed by atoms with E-state index in [-0.39, 0.29) is 12.1 Å². The summed E-state index contributed by atoms with van der Waals surface area (Å²) in [6, 6.07) is 0.520. The van der Waals surface area contributed by atoms with Gasteiger partial charge in [0, 0.05) is 12.1 Å². The minimum Gasteiger partial charge on any atom is -0.330 e. The van der Waals surface area contributed by atoms with Gasteiger partial charge in [0.15, 0.2) is 6.86 Å². The van der Waals surface area contributed by atoms with Gasteiger partial charge in [0.05, 0.1) is 6.61 Å². The molecule has 0 aliphatic heterocycles. The third-order valence-electron chi connectivity index (χ3n) is 1.96. The molecular weight excluding hydrogens is 230 g/mol. The molecule has 0 spiro atoms. The highest BCUT2D eigenvalue weighted by molar-refractivity contribution is 7.44. The summed E-state index contributed by atoms with van der Waals surface area (Å²) in [7, 11) is -1.31. The SMILES string of the molecule is CC(C)N(C(C)C)P(OCF)OCCCN. The molecule has 0 aliphatic carbocycles. The van der Waals surface area contributed by atoms with E-state index < -0.39 is 15.4 Å². The normalized spacial score (nSPS) is 14.1. The van der Waals surface area contributed by atoms with Crippen molar-refractivity contribution in [3.05, 3.63) is 0 Å². The van der Waals surface area contributed by atoms with Gasteiger partial charge in [-0.2, -0.15) is 0 Å². The molecule has 0 heterocycles. The van der Waals surface area contributed by atoms with E-state index in [1.165, 1.54) is 0 Å². The highest BCUT2D eigenvalue weighted by Crippen LogP contribution is 2.45. The lowest BCUT2D eigenvalue weighted by molar-refractivity contribution is 0.129. The van der Waals surface area contributed by atoms with Crippen LogP contribution < -0.4 is 5.73 Å². The Hall–Kier alpha value is 0.200. The van der Waals surface area contributed by atoms with E-state index in [0.29, 0.717) is 13.2 Å². The Balaban J connectivity index is 4.32. The fourth-order valence-electron chi connectivity index (χ4n) is 1.41. The third-order valence-corrected chi connectivity index (χ3v) is 3.98. The van der Waals surface area contributed by atoms with Crippen molar-refractivity contribution in [1.29, 1.82) is 0 Å². The van der Waals surface area contributed by atoms with Crippen LogP contribution in [-0.4, -0.2) is 36.8 Å². The van der Waals surface area contributed by atoms with Crippen LogP contribution in [0.2, 0.25) is 0 Å². The van der Waals surface area contributed by atoms with Gasteiger partial charge in [0.25, 0.3) is 8.53 Å². The molecule has 0 aromatic heterocycles. The van der Waals surface area contributed by atoms with Crippen molar-refractivity contribution in [3.8, 4) is 0 Å². The Kier molecular flexibility index (Phi) is 9.37. The molecular formula is C10H24FN2O2P. The summed E-state index contributed by atoms with van der Waals surface area (Å²) in [4.78, 5) is 0. The number of alkyl halides is 1. The van der Waals surface area contributed by atoms with Gasteiger partial charge in [-0.05, 0) is 40.7 Å². The van der Waals surface area contributed by atoms with Crippen molar-refractivity contribution < 1.29 is 13.4 Å². The van der Waals surface area contributed by atoms with Gasteiger partial charge in [-0.3, -0.25) is 4.52 Å². The summed E-state index contributed by atoms with van der Waals surface area (Å²) in [6.45, 7) is 8.45. The number of nitrogens with zero attached hydrogens (tertiary/aromatic N) is 1. The van der Waals surface area contributed by atoms with Gasteiger partial charge < -0.3 is 10.3 Å². The number of rotatable bonds is 9. The first-order valence-corrected chi connectivity index (χ1v) is 6.77. The van der Waals surface area contributed by atoms with Crippen LogP contribution in [0.3, 0.4) is 0 Å². The number of nitrogens with two attached hydrogens (primary N) is 1. The monoisotopic (exact) mass is 254 g/mol. The van der Waals surface area contributed by atoms with Crippen LogP contribution >= 0.6 is 8.53 Å². The molecule has 0 rings (SSSR count). The molecule has 0 amide bonds. The molecule has 2 N–H and O–H groups in total. The predicted octanol–water partition coefficient (Wildman–Crippen LogP) is 2.64. The number of hydrogen-bond donors (Lipinski definition) is 1. The molecule has 6 heteroatoms. The minimum absolute atomic E-state index is 0.260. The molecule has 0 saturated heterocycles. The Morgan fingerprint density at radius 3 is 2.12 bits per heavy atom. The first-order chi connectivity index (χ1) is 7.54. The summed E-state index contributed by atoms with van der Waals surface area (Å²) in [5.41, 5.74) is 5.38. The van der Waals surface area contributed by atoms with Crippen LogP contribution in [0.25, 0.3) is 0 Å². The topological polar surface area (TPSA) is 47.7 Å². The van der Waals surface area contributed by atoms with E-state index >= 15 is 0 Å². The molecule has 0 aliphatic rings. The van der Waals surface area contributed by atoms with Gasteiger partial charge in [0.2, 0.25) is 0 Å². The quantitative estimate of drug-likeness (QED) is 0.507. The van der Waals surface area contributed by atoms with E-state index in [1.807, 2.05) is 32.4 Å². The molecule has 1 unspecified atom stereocenters. The van der Waals surface area contributed by atoms with E-state index in [9.17, 15) is 4.39 Å². The molecule has 0 radical (unpaired) electrons. The maximum Gasteiger partial charge on any atom is 0.261 e. The third kappa shape index (κ3) is 6.06. The maximum absolute atomic E-state index is 12.3. The lowest BCUT2D eigenvalue weighted by Gasteiger charge is -2.34. The lowest BCUT2D eigenvalue weighted by atomic mass is 10.3. The first kappa shape index (κ1) is 16.2. The average Bonchev–Trinajstić information content (AvgIpc) is 2.17. The zero-order valence-electron chi connectivity index (χ0n) is 10.6. The van der Waals surface area contributed by atoms with Gasteiger partial charge >= 0.3 is 0 Å². The Morgan fingerprint density at radius 2 is 1.75 bits per heavy atom. The highest BCUT2D eigenvalue weighted by Gasteiger charge is 2.26. The molecule has 0 aromatic carbocycles. The fourth-order valence-corrected chi connectivity index (χ4v) is 2.88. The van der Waals surface area contributed by atoms with Crippen molar-refractivity contribution in [3.63, 3.8) is 0 Å². The molecule has 4 nitrogen and oxygen atoms in total. The van der Waals surface area contributed by atoms with Crippen molar-refractivity contribution in [2.24, 2.45) is 5.73 Å². The van der Waals surface area contributed by atoms with Gasteiger partial charge in [-0.15, -0.1) is 0 Å². The lowest BCUT2D eigenvalue weighted by Crippen LogP contribution is -2.33. The van der Waals surface area contributed by atoms with E-state index in [0.717, 1.165) is 6.42 Å². The van der Waals surface area contributed by atoms with Crippen molar-refractivity contribution in [1.82, 2.24) is 4.67 Å². The maximum atomic E-state index is 12.3. The van der Waals surface area contributed by atoms with Crippen molar-refractivity contribution >= 4 is 8.53 Å². The van der Waals surface area contributed by atoms with E-state index in [1.54, 1.807) is 0 Å². The molecule has 16 heavy (non-hydrogen) atoms. The average molecular weight is 254 g/mol. The summed E-state index contributed by atoms with van der Waals surface area (Å²) in [5.74, 6) is 0. The Morgan fingerprint density at radius 1 is 1.19 bits per heavy atom. The smallest absolute Gasteiger partial charge is 0.261 e.